The van der Waals surface area contributed by atoms with E-state index in [1.54, 1.807) is 16.3 Å². The van der Waals surface area contributed by atoms with E-state index < -0.39 is 12.0 Å². The van der Waals surface area contributed by atoms with Crippen LogP contribution in [0.5, 0.6) is 0 Å². The van der Waals surface area contributed by atoms with E-state index in [-0.39, 0.29) is 24.2 Å². The van der Waals surface area contributed by atoms with E-state index in [1.807, 2.05) is 7.05 Å². The van der Waals surface area contributed by atoms with E-state index in [1.165, 1.54) is 18.4 Å². The Bertz CT molecular complexity index is 593. The van der Waals surface area contributed by atoms with Gasteiger partial charge in [0.15, 0.2) is 0 Å². The van der Waals surface area contributed by atoms with E-state index >= 15 is 0 Å². The second-order valence-corrected chi connectivity index (χ2v) is 6.13. The summed E-state index contributed by atoms with van der Waals surface area (Å²) >= 11 is 1.32. The topological polar surface area (TPSA) is 87.7 Å². The summed E-state index contributed by atoms with van der Waals surface area (Å²) in [5.41, 5.74) is 0.381. The van der Waals surface area contributed by atoms with Gasteiger partial charge in [-0.2, -0.15) is 0 Å². The van der Waals surface area contributed by atoms with Gasteiger partial charge < -0.3 is 20.3 Å². The fourth-order valence-corrected chi connectivity index (χ4v) is 3.40. The van der Waals surface area contributed by atoms with Gasteiger partial charge in [-0.15, -0.1) is 23.7 Å². The first kappa shape index (κ1) is 20.4. The Morgan fingerprint density at radius 3 is 2.88 bits per heavy atom. The summed E-state index contributed by atoms with van der Waals surface area (Å²) in [5.74, 6) is -0.770. The van der Waals surface area contributed by atoms with Crippen LogP contribution in [0.3, 0.4) is 0 Å². The molecule has 2 amide bonds. The number of hydrogen-bond donors (Lipinski definition) is 2. The van der Waals surface area contributed by atoms with Gasteiger partial charge in [-0.3, -0.25) is 9.59 Å². The van der Waals surface area contributed by atoms with Crippen molar-refractivity contribution in [3.63, 3.8) is 0 Å². The highest BCUT2D eigenvalue weighted by Gasteiger charge is 2.36. The van der Waals surface area contributed by atoms with Crippen LogP contribution in [0.15, 0.2) is 11.4 Å². The highest BCUT2D eigenvalue weighted by Crippen LogP contribution is 2.31. The van der Waals surface area contributed by atoms with Crippen LogP contribution in [-0.2, 0) is 14.3 Å². The second-order valence-electron chi connectivity index (χ2n) is 5.24. The van der Waals surface area contributed by atoms with Crippen LogP contribution in [0.25, 0.3) is 0 Å². The van der Waals surface area contributed by atoms with E-state index in [4.69, 9.17) is 4.74 Å². The lowest BCUT2D eigenvalue weighted by atomic mass is 10.2. The maximum absolute atomic E-state index is 12.5. The summed E-state index contributed by atoms with van der Waals surface area (Å²) in [6.45, 7) is 1.24. The molecule has 2 rings (SSSR count). The highest BCUT2D eigenvalue weighted by atomic mass is 35.5. The molecule has 1 aromatic heterocycles. The molecule has 1 saturated heterocycles. The molecule has 1 aliphatic rings. The van der Waals surface area contributed by atoms with Crippen LogP contribution in [0, 0.1) is 0 Å². The van der Waals surface area contributed by atoms with Crippen molar-refractivity contribution in [3.8, 4) is 0 Å². The number of methoxy groups -OCH3 is 1. The summed E-state index contributed by atoms with van der Waals surface area (Å²) in [6, 6.07) is 1.12. The average molecular weight is 376 g/mol. The van der Waals surface area contributed by atoms with Crippen LogP contribution in [0.1, 0.15) is 29.6 Å². The summed E-state index contributed by atoms with van der Waals surface area (Å²) in [6.07, 6.45) is 1.65. The minimum Gasteiger partial charge on any atom is -0.465 e. The van der Waals surface area contributed by atoms with E-state index in [2.05, 4.69) is 10.6 Å². The molecular weight excluding hydrogens is 354 g/mol. The first-order valence-electron chi connectivity index (χ1n) is 7.49. The third kappa shape index (κ3) is 4.68. The smallest absolute Gasteiger partial charge is 0.340 e. The molecule has 0 spiro atoms. The molecule has 0 saturated carbocycles. The first-order chi connectivity index (χ1) is 11.1. The van der Waals surface area contributed by atoms with Gasteiger partial charge in [-0.1, -0.05) is 0 Å². The number of nitrogens with zero attached hydrogens (tertiary/aromatic N) is 1. The number of hydrogen-bond acceptors (Lipinski definition) is 6. The molecule has 9 heteroatoms. The molecule has 7 nitrogen and oxygen atoms in total. The predicted molar refractivity (Wildman–Crippen MR) is 95.0 cm³/mol. The van der Waals surface area contributed by atoms with Crippen LogP contribution >= 0.6 is 23.7 Å². The number of esters is 1. The van der Waals surface area contributed by atoms with Crippen molar-refractivity contribution < 1.29 is 19.1 Å². The van der Waals surface area contributed by atoms with Gasteiger partial charge in [0.1, 0.15) is 11.0 Å². The maximum Gasteiger partial charge on any atom is 0.340 e. The molecule has 0 radical (unpaired) electrons. The van der Waals surface area contributed by atoms with Gasteiger partial charge in [0.2, 0.25) is 11.8 Å². The number of halogens is 1. The van der Waals surface area contributed by atoms with Gasteiger partial charge in [0, 0.05) is 13.0 Å². The number of nitrogens with one attached hydrogen (secondary N) is 2. The van der Waals surface area contributed by atoms with Crippen molar-refractivity contribution in [2.24, 2.45) is 0 Å². The highest BCUT2D eigenvalue weighted by molar-refractivity contribution is 7.14. The molecule has 1 aliphatic heterocycles. The Morgan fingerprint density at radius 2 is 2.21 bits per heavy atom. The second kappa shape index (κ2) is 9.61. The van der Waals surface area contributed by atoms with Crippen molar-refractivity contribution in [2.45, 2.75) is 25.3 Å². The number of rotatable bonds is 7. The summed E-state index contributed by atoms with van der Waals surface area (Å²) in [5, 5.41) is 8.07. The Labute approximate surface area is 151 Å². The number of thiophene rings is 1. The number of amides is 2. The third-order valence-electron chi connectivity index (χ3n) is 3.67. The fourth-order valence-electron chi connectivity index (χ4n) is 2.48. The normalized spacial score (nSPS) is 16.7. The first-order valence-corrected chi connectivity index (χ1v) is 8.37. The van der Waals surface area contributed by atoms with Gasteiger partial charge in [-0.25, -0.2) is 4.79 Å². The molecule has 1 atom stereocenters. The molecule has 1 fully saturated rings. The van der Waals surface area contributed by atoms with Crippen molar-refractivity contribution in [1.82, 2.24) is 10.6 Å². The summed E-state index contributed by atoms with van der Waals surface area (Å²) < 4.78 is 4.73. The van der Waals surface area contributed by atoms with Crippen molar-refractivity contribution in [2.75, 3.05) is 32.1 Å². The molecule has 2 heterocycles. The summed E-state index contributed by atoms with van der Waals surface area (Å²) in [7, 11) is 3.14. The molecule has 0 aliphatic carbocycles. The maximum atomic E-state index is 12.5. The Kier molecular flexibility index (Phi) is 8.17. The number of ether oxygens (including phenoxy) is 1. The van der Waals surface area contributed by atoms with Crippen molar-refractivity contribution in [3.05, 3.63) is 17.0 Å². The van der Waals surface area contributed by atoms with Crippen LogP contribution < -0.4 is 15.5 Å². The van der Waals surface area contributed by atoms with E-state index in [0.717, 1.165) is 13.0 Å². The van der Waals surface area contributed by atoms with Crippen LogP contribution in [-0.4, -0.2) is 51.1 Å². The molecule has 24 heavy (non-hydrogen) atoms. The quantitative estimate of drug-likeness (QED) is 0.552. The third-order valence-corrected chi connectivity index (χ3v) is 4.60. The zero-order chi connectivity index (χ0) is 16.8. The van der Waals surface area contributed by atoms with Gasteiger partial charge >= 0.3 is 5.97 Å². The monoisotopic (exact) mass is 375 g/mol. The zero-order valence-corrected chi connectivity index (χ0v) is 15.3. The minimum absolute atomic E-state index is 0. The molecule has 134 valence electrons. The van der Waals surface area contributed by atoms with E-state index in [9.17, 15) is 14.4 Å². The van der Waals surface area contributed by atoms with Crippen LogP contribution in [0.2, 0.25) is 0 Å². The van der Waals surface area contributed by atoms with Gasteiger partial charge in [0.05, 0.1) is 12.7 Å². The van der Waals surface area contributed by atoms with Crippen molar-refractivity contribution >= 4 is 46.5 Å². The molecular formula is C15H22ClN3O4S. The lowest BCUT2D eigenvalue weighted by Gasteiger charge is -2.16. The zero-order valence-electron chi connectivity index (χ0n) is 13.7. The molecule has 2 N–H and O–H groups in total. The number of carbonyl (C=O) groups is 3. The standard InChI is InChI=1S/C15H21N3O4S.ClH/c1-16-7-3-4-12(19)17-11-5-8-18(13(11)20)14-10(6-9-23-14)15(21)22-2;/h6,9,11,16H,3-5,7-8H2,1-2H3,(H,17,19);1H. The minimum atomic E-state index is -0.523. The van der Waals surface area contributed by atoms with Gasteiger partial charge in [-0.05, 0) is 37.9 Å². The SMILES string of the molecule is CNCCCC(=O)NC1CCN(c2sccc2C(=O)OC)C1=O.Cl. The number of anilines is 1. The Hall–Kier alpha value is -1.64. The lowest BCUT2D eigenvalue weighted by molar-refractivity contribution is -0.126. The Balaban J connectivity index is 0.00000288. The molecule has 0 bridgehead atoms. The average Bonchev–Trinajstić information content (AvgIpc) is 3.14. The van der Waals surface area contributed by atoms with Crippen LogP contribution in [0.4, 0.5) is 5.00 Å². The Morgan fingerprint density at radius 1 is 1.46 bits per heavy atom. The fraction of sp³-hybridized carbons (Fsp3) is 0.533. The number of carbonyl (C=O) groups excluding carboxylic acids is 3. The molecule has 0 aromatic carbocycles. The largest absolute Gasteiger partial charge is 0.465 e. The molecule has 1 aromatic rings. The molecule has 1 unspecified atom stereocenters. The lowest BCUT2D eigenvalue weighted by Crippen LogP contribution is -2.41. The summed E-state index contributed by atoms with van der Waals surface area (Å²) in [4.78, 5) is 37.6. The van der Waals surface area contributed by atoms with E-state index in [0.29, 0.717) is 30.0 Å². The predicted octanol–water partition coefficient (Wildman–Crippen LogP) is 1.18. The van der Waals surface area contributed by atoms with Gasteiger partial charge in [0.25, 0.3) is 0 Å². The van der Waals surface area contributed by atoms with Crippen molar-refractivity contribution in [1.29, 1.82) is 0 Å².